The number of carbonyl (C=O) groups excluding carboxylic acids is 1. The zero-order valence-electron chi connectivity index (χ0n) is 16.2. The van der Waals surface area contributed by atoms with Gasteiger partial charge in [0.05, 0.1) is 26.5 Å². The Morgan fingerprint density at radius 2 is 2.17 bits per heavy atom. The minimum Gasteiger partial charge on any atom is -0.469 e. The van der Waals surface area contributed by atoms with Gasteiger partial charge >= 0.3 is 5.97 Å². The van der Waals surface area contributed by atoms with E-state index >= 15 is 0 Å². The molecule has 1 aliphatic rings. The lowest BCUT2D eigenvalue weighted by molar-refractivity contribution is -0.140. The van der Waals surface area contributed by atoms with Gasteiger partial charge in [0.1, 0.15) is 18.3 Å². The van der Waals surface area contributed by atoms with Gasteiger partial charge in [0.25, 0.3) is 0 Å². The molecule has 3 heterocycles. The Morgan fingerprint density at radius 3 is 2.83 bits per heavy atom. The van der Waals surface area contributed by atoms with E-state index in [0.717, 1.165) is 12.2 Å². The Kier molecular flexibility index (Phi) is 7.24. The highest BCUT2D eigenvalue weighted by Crippen LogP contribution is 2.33. The number of hydrogen-bond donors (Lipinski definition) is 4. The van der Waals surface area contributed by atoms with Crippen molar-refractivity contribution in [3.8, 4) is 0 Å². The lowest BCUT2D eigenvalue weighted by atomic mass is 10.1. The molecule has 3 rings (SSSR count). The van der Waals surface area contributed by atoms with Gasteiger partial charge in [0.2, 0.25) is 0 Å². The maximum absolute atomic E-state index is 11.4. The molecule has 0 spiro atoms. The number of methoxy groups -OCH3 is 1. The van der Waals surface area contributed by atoms with Gasteiger partial charge in [-0.1, -0.05) is 18.7 Å². The van der Waals surface area contributed by atoms with Gasteiger partial charge in [-0.2, -0.15) is 0 Å². The number of hydrogen-bond acceptors (Lipinski definition) is 11. The van der Waals surface area contributed by atoms with Crippen LogP contribution in [-0.4, -0.2) is 85.1 Å². The third kappa shape index (κ3) is 4.61. The number of nitrogens with one attached hydrogen (secondary N) is 1. The molecule has 11 nitrogen and oxygen atoms in total. The third-order valence-electron chi connectivity index (χ3n) is 4.48. The van der Waals surface area contributed by atoms with Crippen LogP contribution in [0.2, 0.25) is 0 Å². The molecule has 29 heavy (non-hydrogen) atoms. The molecule has 4 N–H and O–H groups in total. The average molecular weight is 427 g/mol. The van der Waals surface area contributed by atoms with Gasteiger partial charge in [-0.15, -0.1) is 0 Å². The predicted octanol–water partition coefficient (Wildman–Crippen LogP) is -0.0851. The van der Waals surface area contributed by atoms with Crippen LogP contribution in [0.5, 0.6) is 0 Å². The lowest BCUT2D eigenvalue weighted by Crippen LogP contribution is -2.33. The van der Waals surface area contributed by atoms with Crippen LogP contribution in [0.25, 0.3) is 11.2 Å². The molecule has 0 radical (unpaired) electrons. The summed E-state index contributed by atoms with van der Waals surface area (Å²) in [4.78, 5) is 24.7. The molecule has 12 heteroatoms. The normalized spacial score (nSPS) is 24.2. The van der Waals surface area contributed by atoms with Crippen molar-refractivity contribution >= 4 is 34.7 Å². The van der Waals surface area contributed by atoms with E-state index in [4.69, 9.17) is 4.74 Å². The summed E-state index contributed by atoms with van der Waals surface area (Å²) in [5.74, 6) is 0.915. The lowest BCUT2D eigenvalue weighted by Gasteiger charge is -2.17. The van der Waals surface area contributed by atoms with Gasteiger partial charge in [-0.3, -0.25) is 9.36 Å². The van der Waals surface area contributed by atoms with Gasteiger partial charge in [-0.25, -0.2) is 15.0 Å². The molecule has 0 aliphatic carbocycles. The molecule has 4 atom stereocenters. The summed E-state index contributed by atoms with van der Waals surface area (Å²) in [6, 6.07) is 0. The molecule has 1 saturated heterocycles. The van der Waals surface area contributed by atoms with Gasteiger partial charge in [0, 0.05) is 12.3 Å². The molecule has 0 bridgehead atoms. The first kappa shape index (κ1) is 21.7. The topological polar surface area (TPSA) is 152 Å². The van der Waals surface area contributed by atoms with E-state index < -0.39 is 31.1 Å². The second-order valence-electron chi connectivity index (χ2n) is 6.51. The Labute approximate surface area is 171 Å². The number of rotatable bonds is 9. The minimum absolute atomic E-state index is 0.162. The maximum Gasteiger partial charge on any atom is 0.307 e. The van der Waals surface area contributed by atoms with Crippen LogP contribution in [0, 0.1) is 0 Å². The fourth-order valence-electron chi connectivity index (χ4n) is 2.96. The summed E-state index contributed by atoms with van der Waals surface area (Å²) in [6.07, 6.45) is -1.78. The van der Waals surface area contributed by atoms with Crippen molar-refractivity contribution in [3.63, 3.8) is 0 Å². The van der Waals surface area contributed by atoms with E-state index in [9.17, 15) is 20.1 Å². The van der Waals surface area contributed by atoms with E-state index in [1.165, 1.54) is 29.8 Å². The van der Waals surface area contributed by atoms with Crippen LogP contribution in [-0.2, 0) is 14.3 Å². The summed E-state index contributed by atoms with van der Waals surface area (Å²) < 4.78 is 11.8. The molecule has 0 aromatic carbocycles. The zero-order chi connectivity index (χ0) is 21.0. The Bertz CT molecular complexity index is 849. The fraction of sp³-hybridized carbons (Fsp3) is 0.647. The van der Waals surface area contributed by atoms with Crippen molar-refractivity contribution in [3.05, 3.63) is 6.33 Å². The predicted molar refractivity (Wildman–Crippen MR) is 104 cm³/mol. The van der Waals surface area contributed by atoms with Crippen molar-refractivity contribution in [2.45, 2.75) is 49.5 Å². The number of nitrogens with zero attached hydrogens (tertiary/aromatic N) is 4. The number of anilines is 1. The van der Waals surface area contributed by atoms with Crippen molar-refractivity contribution in [2.24, 2.45) is 0 Å². The van der Waals surface area contributed by atoms with Gasteiger partial charge in [-0.05, 0) is 6.42 Å². The number of ether oxygens (including phenoxy) is 2. The second-order valence-corrected chi connectivity index (χ2v) is 7.57. The number of aromatic nitrogens is 4. The highest BCUT2D eigenvalue weighted by atomic mass is 32.2. The molecular formula is C17H25N5O6S. The second kappa shape index (κ2) is 9.67. The first-order valence-corrected chi connectivity index (χ1v) is 10.3. The zero-order valence-corrected chi connectivity index (χ0v) is 17.0. The van der Waals surface area contributed by atoms with E-state index in [2.05, 4.69) is 25.0 Å². The third-order valence-corrected chi connectivity index (χ3v) is 5.53. The monoisotopic (exact) mass is 427 g/mol. The first-order valence-electron chi connectivity index (χ1n) is 9.30. The Morgan fingerprint density at radius 1 is 1.38 bits per heavy atom. The highest BCUT2D eigenvalue weighted by molar-refractivity contribution is 7.99. The molecule has 1 aliphatic heterocycles. The van der Waals surface area contributed by atoms with Crippen molar-refractivity contribution in [2.75, 3.05) is 31.3 Å². The Balaban J connectivity index is 1.94. The van der Waals surface area contributed by atoms with Crippen molar-refractivity contribution in [1.29, 1.82) is 0 Å². The molecule has 160 valence electrons. The van der Waals surface area contributed by atoms with Crippen LogP contribution in [0.4, 0.5) is 5.82 Å². The highest BCUT2D eigenvalue weighted by Gasteiger charge is 2.44. The number of carbonyl (C=O) groups is 1. The molecule has 0 amide bonds. The van der Waals surface area contributed by atoms with Crippen LogP contribution in [0.15, 0.2) is 11.5 Å². The van der Waals surface area contributed by atoms with Crippen LogP contribution in [0.1, 0.15) is 26.0 Å². The summed E-state index contributed by atoms with van der Waals surface area (Å²) in [6.45, 7) is 1.93. The van der Waals surface area contributed by atoms with Crippen molar-refractivity contribution < 1.29 is 29.6 Å². The van der Waals surface area contributed by atoms with Crippen LogP contribution < -0.4 is 5.32 Å². The van der Waals surface area contributed by atoms with Gasteiger partial charge < -0.3 is 30.1 Å². The van der Waals surface area contributed by atoms with Crippen LogP contribution >= 0.6 is 11.8 Å². The Hall–Kier alpha value is -1.99. The number of imidazole rings is 1. The van der Waals surface area contributed by atoms with Crippen molar-refractivity contribution in [1.82, 2.24) is 19.5 Å². The molecule has 0 unspecified atom stereocenters. The number of esters is 1. The summed E-state index contributed by atoms with van der Waals surface area (Å²) in [5.41, 5.74) is 0.850. The van der Waals surface area contributed by atoms with E-state index in [1.54, 1.807) is 0 Å². The number of fused-ring (bicyclic) bond motifs is 1. The molecule has 0 saturated carbocycles. The summed E-state index contributed by atoms with van der Waals surface area (Å²) in [5, 5.41) is 33.3. The van der Waals surface area contributed by atoms with Gasteiger partial charge in [0.15, 0.2) is 28.4 Å². The van der Waals surface area contributed by atoms with Crippen LogP contribution in [0.3, 0.4) is 0 Å². The standard InChI is InChI=1S/C17H25N5O6S/c1-3-6-29-17-20-14(18-5-4-10(24)27-2)11-15(21-17)22(8-19-11)16-13(26)12(25)9(7-23)28-16/h8-9,12-13,16,23,25-26H,3-7H2,1-2H3,(H,18,20,21)/t9-,12-,13-,16-/m1/s1. The average Bonchev–Trinajstić information content (AvgIpc) is 3.27. The first-order chi connectivity index (χ1) is 14.0. The molecule has 2 aromatic rings. The molecular weight excluding hydrogens is 402 g/mol. The minimum atomic E-state index is -1.25. The fourth-order valence-corrected chi connectivity index (χ4v) is 3.65. The maximum atomic E-state index is 11.4. The largest absolute Gasteiger partial charge is 0.469 e. The quantitative estimate of drug-likeness (QED) is 0.241. The van der Waals surface area contributed by atoms with E-state index in [-0.39, 0.29) is 12.4 Å². The molecule has 1 fully saturated rings. The number of aliphatic hydroxyl groups excluding tert-OH is 3. The van der Waals surface area contributed by atoms with E-state index in [0.29, 0.717) is 28.7 Å². The summed E-state index contributed by atoms with van der Waals surface area (Å²) >= 11 is 1.47. The summed E-state index contributed by atoms with van der Waals surface area (Å²) in [7, 11) is 1.33. The molecule has 2 aromatic heterocycles. The smallest absolute Gasteiger partial charge is 0.307 e. The number of aliphatic hydroxyl groups is 3. The number of thioether (sulfide) groups is 1. The SMILES string of the molecule is CCCSc1nc(NCCC(=O)OC)c2ncn([C@@H]3O[C@H](CO)[C@@H](O)[C@H]3O)c2n1. The van der Waals surface area contributed by atoms with E-state index in [1.807, 2.05) is 6.92 Å².